The molecule has 2 aliphatic rings. The fourth-order valence-electron chi connectivity index (χ4n) is 2.95. The second-order valence-electron chi connectivity index (χ2n) is 6.35. The van der Waals surface area contributed by atoms with Gasteiger partial charge in [0.05, 0.1) is 12.0 Å². The summed E-state index contributed by atoms with van der Waals surface area (Å²) in [6.45, 7) is 0.824. The Bertz CT molecular complexity index is 859. The van der Waals surface area contributed by atoms with Crippen LogP contribution in [0.2, 0.25) is 0 Å². The van der Waals surface area contributed by atoms with Gasteiger partial charge in [0, 0.05) is 44.4 Å². The van der Waals surface area contributed by atoms with Gasteiger partial charge < -0.3 is 9.88 Å². The van der Waals surface area contributed by atoms with Crippen LogP contribution in [0.1, 0.15) is 24.1 Å². The third-order valence-corrected chi connectivity index (χ3v) is 6.23. The summed E-state index contributed by atoms with van der Waals surface area (Å²) in [4.78, 5) is 12.7. The lowest BCUT2D eigenvalue weighted by Crippen LogP contribution is -2.33. The average Bonchev–Trinajstić information content (AvgIpc) is 3.30. The minimum absolute atomic E-state index is 0.0957. The molecule has 0 unspecified atom stereocenters. The van der Waals surface area contributed by atoms with E-state index in [4.69, 9.17) is 0 Å². The van der Waals surface area contributed by atoms with E-state index in [9.17, 15) is 8.42 Å². The minimum Gasteiger partial charge on any atom is -0.367 e. The highest BCUT2D eigenvalue weighted by Gasteiger charge is 2.30. The van der Waals surface area contributed by atoms with Crippen LogP contribution < -0.4 is 5.32 Å². The molecule has 8 nitrogen and oxygen atoms in total. The molecule has 1 fully saturated rings. The molecule has 0 atom stereocenters. The Balaban J connectivity index is 1.58. The highest BCUT2D eigenvalue weighted by molar-refractivity contribution is 7.89. The number of nitrogens with zero attached hydrogens (tertiary/aromatic N) is 5. The first-order valence-electron chi connectivity index (χ1n) is 8.11. The predicted molar refractivity (Wildman–Crippen MR) is 88.1 cm³/mol. The van der Waals surface area contributed by atoms with Crippen molar-refractivity contribution in [2.75, 3.05) is 18.4 Å². The van der Waals surface area contributed by atoms with Gasteiger partial charge in [0.1, 0.15) is 12.1 Å². The molecule has 1 aliphatic heterocycles. The summed E-state index contributed by atoms with van der Waals surface area (Å²) in [7, 11) is -1.81. The van der Waals surface area contributed by atoms with Gasteiger partial charge in [-0.1, -0.05) is 0 Å². The number of anilines is 1. The molecule has 0 spiro atoms. The lowest BCUT2D eigenvalue weighted by atomic mass is 10.1. The van der Waals surface area contributed by atoms with E-state index in [0.29, 0.717) is 32.0 Å². The Morgan fingerprint density at radius 3 is 2.67 bits per heavy atom. The molecule has 1 N–H and O–H groups in total. The number of hydrogen-bond donors (Lipinski definition) is 1. The second kappa shape index (κ2) is 5.82. The van der Waals surface area contributed by atoms with Crippen LogP contribution in [0.4, 0.5) is 5.82 Å². The molecule has 2 aromatic rings. The molecule has 0 bridgehead atoms. The van der Waals surface area contributed by atoms with Crippen LogP contribution in [0.25, 0.3) is 0 Å². The number of fused-ring (bicyclic) bond motifs is 1. The van der Waals surface area contributed by atoms with E-state index in [1.54, 1.807) is 17.9 Å². The van der Waals surface area contributed by atoms with E-state index in [1.807, 2.05) is 0 Å². The van der Waals surface area contributed by atoms with E-state index >= 15 is 0 Å². The van der Waals surface area contributed by atoms with Gasteiger partial charge in [0.15, 0.2) is 5.03 Å². The Hall–Kier alpha value is -2.00. The van der Waals surface area contributed by atoms with Gasteiger partial charge in [-0.15, -0.1) is 0 Å². The molecule has 2 aromatic heterocycles. The largest absolute Gasteiger partial charge is 0.367 e. The van der Waals surface area contributed by atoms with Crippen molar-refractivity contribution in [3.8, 4) is 0 Å². The van der Waals surface area contributed by atoms with Crippen LogP contribution in [-0.2, 0) is 29.9 Å². The van der Waals surface area contributed by atoms with Crippen molar-refractivity contribution in [1.82, 2.24) is 23.8 Å². The summed E-state index contributed by atoms with van der Waals surface area (Å²) < 4.78 is 28.7. The standard InChI is InChI=1S/C15H20N6O2S/c1-20-8-14(18-10-20)24(22,23)21-6-4-12-13(5-7-21)16-9-17-15(12)19-11-2-3-11/h8-11H,2-7H2,1H3,(H,16,17,19). The summed E-state index contributed by atoms with van der Waals surface area (Å²) >= 11 is 0. The van der Waals surface area contributed by atoms with Gasteiger partial charge in [-0.3, -0.25) is 0 Å². The molecule has 9 heteroatoms. The average molecular weight is 348 g/mol. The zero-order chi connectivity index (χ0) is 16.7. The molecular formula is C15H20N6O2S. The predicted octanol–water partition coefficient (Wildman–Crippen LogP) is 0.574. The van der Waals surface area contributed by atoms with Crippen LogP contribution >= 0.6 is 0 Å². The Morgan fingerprint density at radius 1 is 1.17 bits per heavy atom. The van der Waals surface area contributed by atoms with Crippen LogP contribution in [0.3, 0.4) is 0 Å². The van der Waals surface area contributed by atoms with Gasteiger partial charge in [-0.2, -0.15) is 4.31 Å². The molecule has 128 valence electrons. The minimum atomic E-state index is -3.57. The van der Waals surface area contributed by atoms with Gasteiger partial charge in [0.25, 0.3) is 10.0 Å². The number of hydrogen-bond acceptors (Lipinski definition) is 6. The van der Waals surface area contributed by atoms with Crippen molar-refractivity contribution < 1.29 is 8.42 Å². The fraction of sp³-hybridized carbons (Fsp3) is 0.533. The summed E-state index contributed by atoms with van der Waals surface area (Å²) in [6, 6.07) is 0.501. The van der Waals surface area contributed by atoms with Crippen molar-refractivity contribution in [1.29, 1.82) is 0 Å². The number of nitrogens with one attached hydrogen (secondary N) is 1. The molecular weight excluding hydrogens is 328 g/mol. The van der Waals surface area contributed by atoms with Crippen LogP contribution in [0.15, 0.2) is 23.9 Å². The molecule has 0 saturated heterocycles. The number of sulfonamides is 1. The van der Waals surface area contributed by atoms with E-state index < -0.39 is 10.0 Å². The topological polar surface area (TPSA) is 93.0 Å². The van der Waals surface area contributed by atoms with E-state index in [1.165, 1.54) is 29.7 Å². The number of rotatable bonds is 4. The van der Waals surface area contributed by atoms with E-state index in [2.05, 4.69) is 20.3 Å². The maximum Gasteiger partial charge on any atom is 0.262 e. The SMILES string of the molecule is Cn1cnc(S(=O)(=O)N2CCc3ncnc(NC4CC4)c3CC2)c1. The molecule has 0 aromatic carbocycles. The van der Waals surface area contributed by atoms with Crippen molar-refractivity contribution >= 4 is 15.8 Å². The second-order valence-corrected chi connectivity index (χ2v) is 8.23. The molecule has 0 radical (unpaired) electrons. The Labute approximate surface area is 141 Å². The maximum absolute atomic E-state index is 12.8. The van der Waals surface area contributed by atoms with Crippen LogP contribution in [0.5, 0.6) is 0 Å². The van der Waals surface area contributed by atoms with E-state index in [0.717, 1.165) is 17.1 Å². The molecule has 1 aliphatic carbocycles. The third-order valence-electron chi connectivity index (χ3n) is 4.45. The lowest BCUT2D eigenvalue weighted by Gasteiger charge is -2.18. The van der Waals surface area contributed by atoms with Crippen molar-refractivity contribution in [2.45, 2.75) is 36.8 Å². The molecule has 3 heterocycles. The number of aromatic nitrogens is 4. The Morgan fingerprint density at radius 2 is 1.96 bits per heavy atom. The van der Waals surface area contributed by atoms with Crippen LogP contribution in [0, 0.1) is 0 Å². The first kappa shape index (κ1) is 15.5. The molecule has 24 heavy (non-hydrogen) atoms. The lowest BCUT2D eigenvalue weighted by molar-refractivity contribution is 0.424. The zero-order valence-corrected chi connectivity index (χ0v) is 14.3. The van der Waals surface area contributed by atoms with Gasteiger partial charge in [-0.25, -0.2) is 23.4 Å². The van der Waals surface area contributed by atoms with Crippen molar-refractivity contribution in [3.63, 3.8) is 0 Å². The summed E-state index contributed by atoms with van der Waals surface area (Å²) in [5.74, 6) is 0.861. The normalized spacial score (nSPS) is 18.9. The van der Waals surface area contributed by atoms with Gasteiger partial charge in [0.2, 0.25) is 0 Å². The quantitative estimate of drug-likeness (QED) is 0.868. The molecule has 1 saturated carbocycles. The summed E-state index contributed by atoms with van der Waals surface area (Å²) in [6.07, 6.45) is 8.13. The number of imidazole rings is 1. The highest BCUT2D eigenvalue weighted by atomic mass is 32.2. The van der Waals surface area contributed by atoms with Crippen molar-refractivity contribution in [3.05, 3.63) is 30.1 Å². The van der Waals surface area contributed by atoms with Gasteiger partial charge >= 0.3 is 0 Å². The first-order chi connectivity index (χ1) is 11.5. The summed E-state index contributed by atoms with van der Waals surface area (Å²) in [5, 5.41) is 3.52. The molecule has 4 rings (SSSR count). The van der Waals surface area contributed by atoms with Crippen molar-refractivity contribution in [2.24, 2.45) is 7.05 Å². The maximum atomic E-state index is 12.8. The number of aryl methyl sites for hydroxylation is 1. The summed E-state index contributed by atoms with van der Waals surface area (Å²) in [5.41, 5.74) is 1.98. The van der Waals surface area contributed by atoms with E-state index in [-0.39, 0.29) is 5.03 Å². The molecule has 0 amide bonds. The monoisotopic (exact) mass is 348 g/mol. The highest BCUT2D eigenvalue weighted by Crippen LogP contribution is 2.28. The first-order valence-corrected chi connectivity index (χ1v) is 9.55. The Kier molecular flexibility index (Phi) is 3.76. The van der Waals surface area contributed by atoms with Crippen LogP contribution in [-0.4, -0.2) is 51.4 Å². The zero-order valence-electron chi connectivity index (χ0n) is 13.5. The van der Waals surface area contributed by atoms with Gasteiger partial charge in [-0.05, 0) is 19.3 Å². The fourth-order valence-corrected chi connectivity index (χ4v) is 4.35. The third kappa shape index (κ3) is 2.89. The smallest absolute Gasteiger partial charge is 0.262 e.